The van der Waals surface area contributed by atoms with Gasteiger partial charge in [0.15, 0.2) is 11.5 Å². The Morgan fingerprint density at radius 2 is 1.92 bits per heavy atom. The van der Waals surface area contributed by atoms with Crippen molar-refractivity contribution in [3.8, 4) is 17.2 Å². The first kappa shape index (κ1) is 25.8. The molecule has 3 N–H and O–H groups in total. The number of nitrogens with one attached hydrogen (secondary N) is 1. The van der Waals surface area contributed by atoms with Crippen molar-refractivity contribution in [2.75, 3.05) is 18.9 Å². The van der Waals surface area contributed by atoms with Gasteiger partial charge in [-0.05, 0) is 36.9 Å². The molecule has 14 heteroatoms. The average molecular weight is 550 g/mol. The molecule has 5 rings (SSSR count). The van der Waals surface area contributed by atoms with Crippen molar-refractivity contribution in [3.05, 3.63) is 77.8 Å². The molecule has 0 saturated carbocycles. The van der Waals surface area contributed by atoms with Crippen LogP contribution in [-0.4, -0.2) is 68.1 Å². The van der Waals surface area contributed by atoms with Crippen molar-refractivity contribution in [1.82, 2.24) is 24.1 Å². The topological polar surface area (TPSA) is 165 Å². The van der Waals surface area contributed by atoms with E-state index in [1.54, 1.807) is 47.1 Å². The molecule has 2 atom stereocenters. The van der Waals surface area contributed by atoms with Crippen molar-refractivity contribution in [1.29, 1.82) is 0 Å². The number of aliphatic hydroxyl groups is 1. The number of hydrogen-bond donors (Lipinski definition) is 3. The van der Waals surface area contributed by atoms with Gasteiger partial charge >= 0.3 is 0 Å². The predicted octanol–water partition coefficient (Wildman–Crippen LogP) is 2.20. The van der Waals surface area contributed by atoms with Gasteiger partial charge in [-0.2, -0.15) is 0 Å². The van der Waals surface area contributed by atoms with Crippen molar-refractivity contribution in [3.63, 3.8) is 0 Å². The lowest BCUT2D eigenvalue weighted by Gasteiger charge is -2.20. The Bertz CT molecular complexity index is 1780. The zero-order valence-corrected chi connectivity index (χ0v) is 21.8. The van der Waals surface area contributed by atoms with Gasteiger partial charge in [0.2, 0.25) is 21.9 Å². The fourth-order valence-corrected chi connectivity index (χ4v) is 4.94. The van der Waals surface area contributed by atoms with E-state index in [1.165, 1.54) is 37.9 Å². The third-order valence-corrected chi connectivity index (χ3v) is 7.67. The van der Waals surface area contributed by atoms with Crippen molar-refractivity contribution in [2.45, 2.75) is 18.3 Å². The number of rotatable bonds is 8. The maximum atomic E-state index is 13.5. The van der Waals surface area contributed by atoms with Gasteiger partial charge in [-0.25, -0.2) is 18.4 Å². The highest BCUT2D eigenvalue weighted by Crippen LogP contribution is 2.36. The van der Waals surface area contributed by atoms with Crippen LogP contribution in [0.5, 0.6) is 11.5 Å². The summed E-state index contributed by atoms with van der Waals surface area (Å²) in [5.74, 6) is -0.136. The molecule has 13 nitrogen and oxygen atoms in total. The Labute approximate surface area is 222 Å². The summed E-state index contributed by atoms with van der Waals surface area (Å²) in [6, 6.07) is 9.83. The number of pyridine rings is 1. The number of para-hydroxylation sites is 1. The zero-order valence-electron chi connectivity index (χ0n) is 21.0. The lowest BCUT2D eigenvalue weighted by atomic mass is 10.2. The van der Waals surface area contributed by atoms with Crippen LogP contribution in [0.1, 0.15) is 24.5 Å². The van der Waals surface area contributed by atoms with E-state index in [2.05, 4.69) is 36.4 Å². The number of aliphatic hydroxyl groups excluding tert-OH is 1. The maximum absolute atomic E-state index is 13.5. The van der Waals surface area contributed by atoms with Crippen LogP contribution < -0.4 is 9.46 Å². The monoisotopic (exact) mass is 549 g/mol. The molecule has 0 bridgehead atoms. The highest BCUT2D eigenvalue weighted by atomic mass is 32.2. The standard InChI is InChI=1S/C25H23N7O6S/c1-15(23(34)17-14-31-13-5-4-11-20(31)26-17)39(35,36)30-25-29-28-24(16-8-6-12-21(27-16)38-3)32(25)22-18(33)9-7-10-19(22)37-2/h4-5,7,9-15,23,33-34H,1-3H3,(H,29,30)/t15-,23-/m1/s1. The number of aromatic hydroxyl groups is 1. The number of nitrogens with zero attached hydrogens (tertiary/aromatic N) is 6. The molecule has 1 aliphatic heterocycles. The quantitative estimate of drug-likeness (QED) is 0.279. The van der Waals surface area contributed by atoms with Gasteiger partial charge in [0.05, 0.1) is 26.0 Å². The molecule has 3 aromatic heterocycles. The van der Waals surface area contributed by atoms with E-state index in [0.29, 0.717) is 5.65 Å². The largest absolute Gasteiger partial charge is 0.506 e. The van der Waals surface area contributed by atoms with Crippen LogP contribution in [0.4, 0.5) is 5.95 Å². The molecular formula is C25H23N7O6S. The summed E-state index contributed by atoms with van der Waals surface area (Å²) in [6.45, 7) is 1.34. The number of hydrogen-bond acceptors (Lipinski definition) is 10. The summed E-state index contributed by atoms with van der Waals surface area (Å²) in [4.78, 5) is 8.61. The summed E-state index contributed by atoms with van der Waals surface area (Å²) < 4.78 is 42.8. The van der Waals surface area contributed by atoms with Crippen LogP contribution in [-0.2, 0) is 14.8 Å². The molecule has 4 aromatic rings. The molecule has 0 fully saturated rings. The molecule has 200 valence electrons. The number of benzene rings is 1. The van der Waals surface area contributed by atoms with E-state index < -0.39 is 21.4 Å². The second-order valence-corrected chi connectivity index (χ2v) is 10.4. The van der Waals surface area contributed by atoms with Crippen LogP contribution in [0.25, 0.3) is 17.0 Å². The fraction of sp³-hybridized carbons (Fsp3) is 0.200. The van der Waals surface area contributed by atoms with E-state index in [-0.39, 0.29) is 46.2 Å². The lowest BCUT2D eigenvalue weighted by Crippen LogP contribution is -2.32. The second kappa shape index (κ2) is 10.1. The molecule has 1 aromatic carbocycles. The normalized spacial score (nSPS) is 14.6. The number of aliphatic imine (C=N–C) groups is 1. The molecule has 4 heterocycles. The van der Waals surface area contributed by atoms with Gasteiger partial charge in [0.25, 0.3) is 0 Å². The number of methoxy groups -OCH3 is 2. The molecule has 1 aliphatic rings. The fourth-order valence-electron chi connectivity index (χ4n) is 3.89. The number of aromatic nitrogens is 5. The van der Waals surface area contributed by atoms with Gasteiger partial charge in [-0.1, -0.05) is 17.9 Å². The SMILES string of the molecule is COC1=NC(c2nnc(NS(=O)(=O)[C@H](C)[C@@H](O)c3cn4ccccc4n3)n2-c2c(O)cccc2OC)=C=C=C1. The number of imidazole rings is 1. The van der Waals surface area contributed by atoms with Crippen LogP contribution in [0.2, 0.25) is 0 Å². The van der Waals surface area contributed by atoms with Gasteiger partial charge in [-0.3, -0.25) is 9.29 Å². The Balaban J connectivity index is 1.58. The third kappa shape index (κ3) is 4.76. The average Bonchev–Trinajstić information content (AvgIpc) is 3.56. The van der Waals surface area contributed by atoms with Gasteiger partial charge in [-0.15, -0.1) is 10.2 Å². The maximum Gasteiger partial charge on any atom is 0.243 e. The lowest BCUT2D eigenvalue weighted by molar-refractivity contribution is 0.172. The van der Waals surface area contributed by atoms with Gasteiger partial charge in [0, 0.05) is 12.4 Å². The predicted molar refractivity (Wildman–Crippen MR) is 141 cm³/mol. The summed E-state index contributed by atoms with van der Waals surface area (Å²) in [6.07, 6.45) is 3.28. The molecule has 0 spiro atoms. The van der Waals surface area contributed by atoms with E-state index in [9.17, 15) is 18.6 Å². The molecule has 0 radical (unpaired) electrons. The number of sulfonamides is 1. The van der Waals surface area contributed by atoms with E-state index >= 15 is 0 Å². The Morgan fingerprint density at radius 3 is 2.67 bits per heavy atom. The first-order valence-electron chi connectivity index (χ1n) is 11.5. The van der Waals surface area contributed by atoms with Crippen molar-refractivity contribution < 1.29 is 28.1 Å². The molecule has 0 unspecified atom stereocenters. The van der Waals surface area contributed by atoms with Gasteiger partial charge in [0.1, 0.15) is 34.2 Å². The highest BCUT2D eigenvalue weighted by molar-refractivity contribution is 7.93. The minimum atomic E-state index is -4.30. The van der Waals surface area contributed by atoms with Crippen molar-refractivity contribution in [2.24, 2.45) is 4.99 Å². The summed E-state index contributed by atoms with van der Waals surface area (Å²) in [5.41, 5.74) is 6.42. The van der Waals surface area contributed by atoms with Crippen molar-refractivity contribution >= 4 is 33.2 Å². The zero-order chi connectivity index (χ0) is 27.7. The molecular weight excluding hydrogens is 526 g/mol. The van der Waals surface area contributed by atoms with Crippen LogP contribution in [0.3, 0.4) is 0 Å². The Hall–Kier alpha value is -4.87. The highest BCUT2D eigenvalue weighted by Gasteiger charge is 2.34. The van der Waals surface area contributed by atoms with Crippen LogP contribution in [0, 0.1) is 0 Å². The van der Waals surface area contributed by atoms with Crippen LogP contribution >= 0.6 is 0 Å². The summed E-state index contributed by atoms with van der Waals surface area (Å²) >= 11 is 0. The number of phenolic OH excluding ortho intramolecular Hbond substituents is 1. The molecule has 0 saturated heterocycles. The van der Waals surface area contributed by atoms with E-state index in [0.717, 1.165) is 0 Å². The second-order valence-electron chi connectivity index (χ2n) is 8.36. The minimum absolute atomic E-state index is 0.0104. The smallest absolute Gasteiger partial charge is 0.243 e. The Morgan fingerprint density at radius 1 is 1.10 bits per heavy atom. The molecule has 0 amide bonds. The first-order valence-corrected chi connectivity index (χ1v) is 13.1. The molecule has 39 heavy (non-hydrogen) atoms. The minimum Gasteiger partial charge on any atom is -0.506 e. The summed E-state index contributed by atoms with van der Waals surface area (Å²) in [7, 11) is -1.49. The summed E-state index contributed by atoms with van der Waals surface area (Å²) in [5, 5.41) is 28.4. The number of ether oxygens (including phenoxy) is 2. The first-order chi connectivity index (χ1) is 18.7. The third-order valence-electron chi connectivity index (χ3n) is 5.97. The Kier molecular flexibility index (Phi) is 6.69. The molecule has 0 aliphatic carbocycles. The van der Waals surface area contributed by atoms with E-state index in [4.69, 9.17) is 9.47 Å². The number of anilines is 1. The number of phenols is 1. The van der Waals surface area contributed by atoms with Crippen LogP contribution in [0.15, 0.2) is 71.3 Å². The van der Waals surface area contributed by atoms with Gasteiger partial charge < -0.3 is 24.1 Å². The number of fused-ring (bicyclic) bond motifs is 1. The van der Waals surface area contributed by atoms with E-state index in [1.807, 2.05) is 0 Å².